The molecule has 0 bridgehead atoms. The minimum atomic E-state index is -0.0773. The van der Waals surface area contributed by atoms with Crippen LogP contribution in [0.3, 0.4) is 0 Å². The largest absolute Gasteiger partial charge is 0.287 e. The molecule has 0 atom stereocenters. The Morgan fingerprint density at radius 2 is 2.00 bits per heavy atom. The van der Waals surface area contributed by atoms with E-state index in [2.05, 4.69) is 17.6 Å². The van der Waals surface area contributed by atoms with E-state index < -0.39 is 0 Å². The van der Waals surface area contributed by atoms with Gasteiger partial charge in [0.25, 0.3) is 0 Å². The summed E-state index contributed by atoms with van der Waals surface area (Å²) >= 11 is 4.19. The molecule has 1 aromatic heterocycles. The van der Waals surface area contributed by atoms with Crippen molar-refractivity contribution in [3.8, 4) is 0 Å². The van der Waals surface area contributed by atoms with E-state index >= 15 is 0 Å². The molecule has 0 spiro atoms. The Morgan fingerprint density at radius 1 is 1.13 bits per heavy atom. The number of aromatic nitrogens is 1. The second-order valence-corrected chi connectivity index (χ2v) is 3.61. The molecule has 0 aliphatic carbocycles. The summed E-state index contributed by atoms with van der Waals surface area (Å²) in [5.74, 6) is -0.0773. The van der Waals surface area contributed by atoms with Gasteiger partial charge in [0, 0.05) is 16.7 Å². The molecule has 0 saturated carbocycles. The molecule has 0 saturated heterocycles. The zero-order valence-electron chi connectivity index (χ0n) is 7.92. The van der Waals surface area contributed by atoms with Gasteiger partial charge in [-0.15, -0.1) is 12.6 Å². The minimum Gasteiger partial charge on any atom is -0.287 e. The molecule has 3 heteroatoms. The molecule has 0 unspecified atom stereocenters. The average Bonchev–Trinajstić information content (AvgIpc) is 2.29. The lowest BCUT2D eigenvalue weighted by Gasteiger charge is -2.00. The molecule has 0 N–H and O–H groups in total. The smallest absolute Gasteiger partial charge is 0.211 e. The second-order valence-electron chi connectivity index (χ2n) is 3.09. The summed E-state index contributed by atoms with van der Waals surface area (Å²) < 4.78 is 0. The topological polar surface area (TPSA) is 30.0 Å². The number of carbonyl (C=O) groups excluding carboxylic acids is 1. The zero-order valence-corrected chi connectivity index (χ0v) is 8.82. The molecular weight excluding hydrogens is 206 g/mol. The highest BCUT2D eigenvalue weighted by Crippen LogP contribution is 2.12. The number of ketones is 1. The van der Waals surface area contributed by atoms with Gasteiger partial charge >= 0.3 is 0 Å². The molecule has 1 heterocycles. The van der Waals surface area contributed by atoms with Crippen LogP contribution in [0.15, 0.2) is 53.6 Å². The summed E-state index contributed by atoms with van der Waals surface area (Å²) in [7, 11) is 0. The maximum atomic E-state index is 11.9. The van der Waals surface area contributed by atoms with E-state index in [0.717, 1.165) is 4.90 Å². The third-order valence-electron chi connectivity index (χ3n) is 2.01. The summed E-state index contributed by atoms with van der Waals surface area (Å²) in [6.07, 6.45) is 1.61. The lowest BCUT2D eigenvalue weighted by Crippen LogP contribution is -2.03. The number of nitrogens with zero attached hydrogens (tertiary/aromatic N) is 1. The van der Waals surface area contributed by atoms with Gasteiger partial charge in [0.15, 0.2) is 0 Å². The van der Waals surface area contributed by atoms with Crippen LogP contribution in [-0.2, 0) is 0 Å². The van der Waals surface area contributed by atoms with Gasteiger partial charge in [0.2, 0.25) is 5.78 Å². The van der Waals surface area contributed by atoms with Crippen LogP contribution in [0.5, 0.6) is 0 Å². The number of thiol groups is 1. The normalized spacial score (nSPS) is 9.93. The van der Waals surface area contributed by atoms with Crippen molar-refractivity contribution < 1.29 is 4.79 Å². The quantitative estimate of drug-likeness (QED) is 0.616. The lowest BCUT2D eigenvalue weighted by atomic mass is 10.1. The molecular formula is C12H9NOS. The fourth-order valence-electron chi connectivity index (χ4n) is 1.29. The SMILES string of the molecule is O=C(c1cccc(S)c1)c1ccccn1. The highest BCUT2D eigenvalue weighted by atomic mass is 32.1. The molecule has 1 aromatic carbocycles. The van der Waals surface area contributed by atoms with Crippen LogP contribution in [0.1, 0.15) is 16.1 Å². The Kier molecular flexibility index (Phi) is 2.83. The predicted octanol–water partition coefficient (Wildman–Crippen LogP) is 2.60. The number of carbonyl (C=O) groups is 1. The first-order valence-electron chi connectivity index (χ1n) is 4.52. The Hall–Kier alpha value is -1.61. The van der Waals surface area contributed by atoms with E-state index in [0.29, 0.717) is 11.3 Å². The summed E-state index contributed by atoms with van der Waals surface area (Å²) in [5.41, 5.74) is 1.07. The standard InChI is InChI=1S/C12H9NOS/c14-12(11-6-1-2-7-13-11)9-4-3-5-10(15)8-9/h1-8,15H. The summed E-state index contributed by atoms with van der Waals surface area (Å²) in [6, 6.07) is 12.4. The van der Waals surface area contributed by atoms with E-state index in [1.54, 1.807) is 42.6 Å². The minimum absolute atomic E-state index is 0.0773. The van der Waals surface area contributed by atoms with Crippen LogP contribution >= 0.6 is 12.6 Å². The van der Waals surface area contributed by atoms with E-state index in [4.69, 9.17) is 0 Å². The Labute approximate surface area is 93.4 Å². The van der Waals surface area contributed by atoms with Crippen LogP contribution in [0.4, 0.5) is 0 Å². The van der Waals surface area contributed by atoms with Crippen molar-refractivity contribution in [3.63, 3.8) is 0 Å². The average molecular weight is 215 g/mol. The van der Waals surface area contributed by atoms with Crippen LogP contribution in [0.25, 0.3) is 0 Å². The Bertz CT molecular complexity index is 482. The van der Waals surface area contributed by atoms with Gasteiger partial charge in [-0.25, -0.2) is 0 Å². The molecule has 2 aromatic rings. The second kappa shape index (κ2) is 4.28. The van der Waals surface area contributed by atoms with E-state index in [-0.39, 0.29) is 5.78 Å². The molecule has 74 valence electrons. The van der Waals surface area contributed by atoms with E-state index in [9.17, 15) is 4.79 Å². The molecule has 15 heavy (non-hydrogen) atoms. The summed E-state index contributed by atoms with van der Waals surface area (Å²) in [5, 5.41) is 0. The van der Waals surface area contributed by atoms with Gasteiger partial charge < -0.3 is 0 Å². The van der Waals surface area contributed by atoms with Gasteiger partial charge in [-0.05, 0) is 24.3 Å². The summed E-state index contributed by atoms with van der Waals surface area (Å²) in [6.45, 7) is 0. The fraction of sp³-hybridized carbons (Fsp3) is 0. The molecule has 2 nitrogen and oxygen atoms in total. The number of benzene rings is 1. The van der Waals surface area contributed by atoms with Crippen LogP contribution in [0.2, 0.25) is 0 Å². The first-order valence-corrected chi connectivity index (χ1v) is 4.97. The van der Waals surface area contributed by atoms with Gasteiger partial charge in [-0.3, -0.25) is 9.78 Å². The molecule has 0 aliphatic heterocycles. The number of hydrogen-bond donors (Lipinski definition) is 1. The van der Waals surface area contributed by atoms with E-state index in [1.807, 2.05) is 6.07 Å². The lowest BCUT2D eigenvalue weighted by molar-refractivity contribution is 0.103. The van der Waals surface area contributed by atoms with Crippen molar-refractivity contribution in [2.24, 2.45) is 0 Å². The third-order valence-corrected chi connectivity index (χ3v) is 2.28. The van der Waals surface area contributed by atoms with Crippen molar-refractivity contribution in [1.82, 2.24) is 4.98 Å². The fourth-order valence-corrected chi connectivity index (χ4v) is 1.52. The third kappa shape index (κ3) is 2.25. The molecule has 2 rings (SSSR count). The first-order chi connectivity index (χ1) is 7.27. The van der Waals surface area contributed by atoms with Crippen molar-refractivity contribution in [2.45, 2.75) is 4.90 Å². The monoisotopic (exact) mass is 215 g/mol. The first kappa shape index (κ1) is 9.93. The van der Waals surface area contributed by atoms with Crippen LogP contribution < -0.4 is 0 Å². The Balaban J connectivity index is 2.37. The van der Waals surface area contributed by atoms with Crippen molar-refractivity contribution in [3.05, 3.63) is 59.9 Å². The molecule has 0 fully saturated rings. The van der Waals surface area contributed by atoms with Crippen molar-refractivity contribution >= 4 is 18.4 Å². The highest BCUT2D eigenvalue weighted by Gasteiger charge is 2.09. The van der Waals surface area contributed by atoms with Gasteiger partial charge in [0.05, 0.1) is 0 Å². The molecule has 0 aliphatic rings. The number of hydrogen-bond acceptors (Lipinski definition) is 3. The number of pyridine rings is 1. The van der Waals surface area contributed by atoms with Gasteiger partial charge in [-0.2, -0.15) is 0 Å². The summed E-state index contributed by atoms with van der Waals surface area (Å²) in [4.78, 5) is 16.7. The maximum absolute atomic E-state index is 11.9. The zero-order chi connectivity index (χ0) is 10.7. The highest BCUT2D eigenvalue weighted by molar-refractivity contribution is 7.80. The molecule has 0 amide bonds. The van der Waals surface area contributed by atoms with Crippen LogP contribution in [-0.4, -0.2) is 10.8 Å². The number of rotatable bonds is 2. The molecule has 0 radical (unpaired) electrons. The van der Waals surface area contributed by atoms with Crippen molar-refractivity contribution in [2.75, 3.05) is 0 Å². The maximum Gasteiger partial charge on any atom is 0.211 e. The van der Waals surface area contributed by atoms with Gasteiger partial charge in [0.1, 0.15) is 5.69 Å². The predicted molar refractivity (Wildman–Crippen MR) is 61.4 cm³/mol. The van der Waals surface area contributed by atoms with Gasteiger partial charge in [-0.1, -0.05) is 18.2 Å². The van der Waals surface area contributed by atoms with Crippen molar-refractivity contribution in [1.29, 1.82) is 0 Å². The Morgan fingerprint density at radius 3 is 2.67 bits per heavy atom. The van der Waals surface area contributed by atoms with E-state index in [1.165, 1.54) is 0 Å². The van der Waals surface area contributed by atoms with Crippen LogP contribution in [0, 0.1) is 0 Å².